The number of halogens is 1. The van der Waals surface area contributed by atoms with E-state index in [1.165, 1.54) is 19.2 Å². The van der Waals surface area contributed by atoms with Gasteiger partial charge < -0.3 is 14.4 Å². The van der Waals surface area contributed by atoms with Crippen LogP contribution in [-0.2, 0) is 16.6 Å². The molecule has 0 saturated carbocycles. The second-order valence-electron chi connectivity index (χ2n) is 7.10. The van der Waals surface area contributed by atoms with E-state index in [2.05, 4.69) is 9.62 Å². The summed E-state index contributed by atoms with van der Waals surface area (Å²) in [6.45, 7) is 3.10. The van der Waals surface area contributed by atoms with Gasteiger partial charge in [0.15, 0.2) is 0 Å². The van der Waals surface area contributed by atoms with Gasteiger partial charge in [-0.05, 0) is 43.4 Å². The van der Waals surface area contributed by atoms with Crippen LogP contribution in [0, 0.1) is 0 Å². The number of hydrogen-bond acceptors (Lipinski definition) is 6. The van der Waals surface area contributed by atoms with Crippen molar-refractivity contribution in [2.24, 2.45) is 0 Å². The van der Waals surface area contributed by atoms with Gasteiger partial charge in [0.2, 0.25) is 10.0 Å². The highest BCUT2D eigenvalue weighted by Gasteiger charge is 2.25. The smallest absolute Gasteiger partial charge is 0.253 e. The first-order chi connectivity index (χ1) is 14.8. The number of sulfonamides is 1. The van der Waals surface area contributed by atoms with E-state index in [4.69, 9.17) is 21.1 Å². The summed E-state index contributed by atoms with van der Waals surface area (Å²) in [5.41, 5.74) is 1.31. The molecule has 1 heterocycles. The lowest BCUT2D eigenvalue weighted by Gasteiger charge is -2.35. The highest BCUT2D eigenvalue weighted by Crippen LogP contribution is 2.26. The molecule has 0 atom stereocenters. The summed E-state index contributed by atoms with van der Waals surface area (Å²) < 4.78 is 37.3. The molecule has 2 aromatic rings. The fourth-order valence-electron chi connectivity index (χ4n) is 3.49. The van der Waals surface area contributed by atoms with Gasteiger partial charge in [-0.3, -0.25) is 9.69 Å². The molecule has 31 heavy (non-hydrogen) atoms. The Morgan fingerprint density at radius 3 is 2.39 bits per heavy atom. The predicted molar refractivity (Wildman–Crippen MR) is 118 cm³/mol. The molecule has 0 aromatic heterocycles. The van der Waals surface area contributed by atoms with Gasteiger partial charge in [0.25, 0.3) is 5.91 Å². The number of carbonyl (C=O) groups excluding carboxylic acids is 1. The first-order valence-electron chi connectivity index (χ1n) is 9.74. The van der Waals surface area contributed by atoms with Gasteiger partial charge in [0.1, 0.15) is 16.4 Å². The Kier molecular flexibility index (Phi) is 7.42. The number of piperazine rings is 1. The molecular formula is C21H26ClN3O5S. The Balaban J connectivity index is 1.68. The van der Waals surface area contributed by atoms with Crippen LogP contribution in [0.15, 0.2) is 41.3 Å². The second-order valence-corrected chi connectivity index (χ2v) is 9.36. The molecule has 8 nitrogen and oxygen atoms in total. The minimum absolute atomic E-state index is 0.0722. The summed E-state index contributed by atoms with van der Waals surface area (Å²) in [4.78, 5) is 16.8. The van der Waals surface area contributed by atoms with Crippen molar-refractivity contribution in [1.82, 2.24) is 14.5 Å². The van der Waals surface area contributed by atoms with Crippen LogP contribution in [0.25, 0.3) is 0 Å². The van der Waals surface area contributed by atoms with Crippen molar-refractivity contribution in [2.75, 3.05) is 47.4 Å². The van der Waals surface area contributed by atoms with E-state index in [9.17, 15) is 13.2 Å². The van der Waals surface area contributed by atoms with E-state index in [0.717, 1.165) is 17.1 Å². The molecule has 1 fully saturated rings. The fraction of sp³-hybridized carbons (Fsp3) is 0.381. The first-order valence-corrected chi connectivity index (χ1v) is 11.6. The van der Waals surface area contributed by atoms with Crippen molar-refractivity contribution < 1.29 is 22.7 Å². The third-order valence-electron chi connectivity index (χ3n) is 5.28. The minimum Gasteiger partial charge on any atom is -0.497 e. The van der Waals surface area contributed by atoms with Crippen molar-refractivity contribution in [2.45, 2.75) is 11.4 Å². The molecule has 2 aromatic carbocycles. The number of carbonyl (C=O) groups is 1. The molecule has 0 unspecified atom stereocenters. The molecule has 3 rings (SSSR count). The summed E-state index contributed by atoms with van der Waals surface area (Å²) in [5.74, 6) is 1.33. The lowest BCUT2D eigenvalue weighted by molar-refractivity contribution is 0.0627. The van der Waals surface area contributed by atoms with Crippen LogP contribution in [0.5, 0.6) is 11.5 Å². The third-order valence-corrected chi connectivity index (χ3v) is 7.17. The number of nitrogens with one attached hydrogen (secondary N) is 1. The van der Waals surface area contributed by atoms with E-state index in [1.807, 2.05) is 18.2 Å². The molecule has 1 saturated heterocycles. The molecule has 0 bridgehead atoms. The molecule has 0 radical (unpaired) electrons. The number of amides is 1. The van der Waals surface area contributed by atoms with Crippen molar-refractivity contribution in [3.63, 3.8) is 0 Å². The summed E-state index contributed by atoms with van der Waals surface area (Å²) in [6, 6.07) is 9.99. The van der Waals surface area contributed by atoms with Crippen LogP contribution in [-0.4, -0.2) is 71.6 Å². The number of benzene rings is 2. The van der Waals surface area contributed by atoms with Gasteiger partial charge in [0.05, 0.1) is 19.2 Å². The Labute approximate surface area is 187 Å². The predicted octanol–water partition coefficient (Wildman–Crippen LogP) is 2.22. The molecule has 0 aliphatic carbocycles. The number of hydrogen-bond donors (Lipinski definition) is 1. The molecule has 0 spiro atoms. The first kappa shape index (κ1) is 23.3. The quantitative estimate of drug-likeness (QED) is 0.671. The third kappa shape index (κ3) is 5.30. The largest absolute Gasteiger partial charge is 0.497 e. The van der Waals surface area contributed by atoms with E-state index >= 15 is 0 Å². The van der Waals surface area contributed by atoms with Crippen LogP contribution in [0.3, 0.4) is 0 Å². The Bertz CT molecular complexity index is 1050. The number of rotatable bonds is 7. The van der Waals surface area contributed by atoms with Gasteiger partial charge in [-0.15, -0.1) is 0 Å². The van der Waals surface area contributed by atoms with Crippen LogP contribution in [0.2, 0.25) is 5.02 Å². The molecular weight excluding hydrogens is 442 g/mol. The van der Waals surface area contributed by atoms with Gasteiger partial charge in [-0.25, -0.2) is 13.1 Å². The van der Waals surface area contributed by atoms with Crippen molar-refractivity contribution in [3.8, 4) is 11.5 Å². The standard InChI is InChI=1S/C21H26ClN3O5S/c1-23-31(27,28)20-13-15(4-6-18(20)22)21(26)25-10-8-24(9-11-25)14-16-12-17(29-2)5-7-19(16)30-3/h4-7,12-13,23H,8-11,14H2,1-3H3. The maximum absolute atomic E-state index is 12.9. The van der Waals surface area contributed by atoms with Gasteiger partial charge in [-0.2, -0.15) is 0 Å². The number of methoxy groups -OCH3 is 2. The van der Waals surface area contributed by atoms with Crippen molar-refractivity contribution in [1.29, 1.82) is 0 Å². The summed E-state index contributed by atoms with van der Waals surface area (Å²) in [5, 5.41) is 0.0722. The summed E-state index contributed by atoms with van der Waals surface area (Å²) in [6.07, 6.45) is 0. The van der Waals surface area contributed by atoms with Crippen molar-refractivity contribution >= 4 is 27.5 Å². The SMILES string of the molecule is CNS(=O)(=O)c1cc(C(=O)N2CCN(Cc3cc(OC)ccc3OC)CC2)ccc1Cl. The second kappa shape index (κ2) is 9.86. The Morgan fingerprint density at radius 1 is 1.06 bits per heavy atom. The lowest BCUT2D eigenvalue weighted by Crippen LogP contribution is -2.48. The minimum atomic E-state index is -3.75. The molecule has 10 heteroatoms. The maximum atomic E-state index is 12.9. The normalized spacial score (nSPS) is 15.0. The monoisotopic (exact) mass is 467 g/mol. The van der Waals surface area contributed by atoms with Crippen LogP contribution >= 0.6 is 11.6 Å². The lowest BCUT2D eigenvalue weighted by atomic mass is 10.1. The molecule has 1 N–H and O–H groups in total. The van der Waals surface area contributed by atoms with Gasteiger partial charge in [-0.1, -0.05) is 11.6 Å². The molecule has 168 valence electrons. The average Bonchev–Trinajstić information content (AvgIpc) is 2.79. The zero-order valence-corrected chi connectivity index (χ0v) is 19.3. The summed E-state index contributed by atoms with van der Waals surface area (Å²) >= 11 is 6.02. The zero-order chi connectivity index (χ0) is 22.6. The van der Waals surface area contributed by atoms with Crippen LogP contribution in [0.4, 0.5) is 0 Å². The summed E-state index contributed by atoms with van der Waals surface area (Å²) in [7, 11) is 0.808. The average molecular weight is 468 g/mol. The zero-order valence-electron chi connectivity index (χ0n) is 17.7. The number of nitrogens with zero attached hydrogens (tertiary/aromatic N) is 2. The number of ether oxygens (including phenoxy) is 2. The Hall–Kier alpha value is -2.33. The van der Waals surface area contributed by atoms with E-state index in [0.29, 0.717) is 38.3 Å². The van der Waals surface area contributed by atoms with Gasteiger partial charge in [0, 0.05) is 43.9 Å². The van der Waals surface area contributed by atoms with E-state index < -0.39 is 10.0 Å². The van der Waals surface area contributed by atoms with E-state index in [1.54, 1.807) is 25.2 Å². The van der Waals surface area contributed by atoms with Crippen LogP contribution < -0.4 is 14.2 Å². The van der Waals surface area contributed by atoms with Gasteiger partial charge >= 0.3 is 0 Å². The molecule has 1 aliphatic heterocycles. The van der Waals surface area contributed by atoms with Crippen molar-refractivity contribution in [3.05, 3.63) is 52.5 Å². The van der Waals surface area contributed by atoms with E-state index in [-0.39, 0.29) is 15.8 Å². The topological polar surface area (TPSA) is 88.2 Å². The maximum Gasteiger partial charge on any atom is 0.253 e. The van der Waals surface area contributed by atoms with Crippen LogP contribution in [0.1, 0.15) is 15.9 Å². The highest BCUT2D eigenvalue weighted by molar-refractivity contribution is 7.89. The Morgan fingerprint density at radius 2 is 1.77 bits per heavy atom. The highest BCUT2D eigenvalue weighted by atomic mass is 35.5. The molecule has 1 amide bonds. The molecule has 1 aliphatic rings. The fourth-order valence-corrected chi connectivity index (χ4v) is 4.74.